The van der Waals surface area contributed by atoms with Crippen LogP contribution >= 0.6 is 0 Å². The fraction of sp³-hybridized carbons (Fsp3) is 0.600. The fourth-order valence-corrected chi connectivity index (χ4v) is 1.26. The Hall–Kier alpha value is -1.33. The first-order valence-electron chi connectivity index (χ1n) is 5.14. The number of nitrogens with one attached hydrogen (secondary N) is 1. The molecule has 0 fully saturated rings. The number of alkyl halides is 3. The second kappa shape index (κ2) is 5.14. The molecule has 0 saturated heterocycles. The first-order valence-corrected chi connectivity index (χ1v) is 5.14. The molecule has 3 nitrogen and oxygen atoms in total. The maximum Gasteiger partial charge on any atom is 0.433 e. The molecule has 1 rings (SSSR count). The van der Waals surface area contributed by atoms with Gasteiger partial charge in [-0.15, -0.1) is 0 Å². The highest BCUT2D eigenvalue weighted by molar-refractivity contribution is 5.27. The van der Waals surface area contributed by atoms with E-state index in [1.54, 1.807) is 0 Å². The van der Waals surface area contributed by atoms with Gasteiger partial charge in [0, 0.05) is 12.2 Å². The Balaban J connectivity index is 2.82. The van der Waals surface area contributed by atoms with Crippen molar-refractivity contribution in [1.82, 2.24) is 9.97 Å². The Bertz CT molecular complexity index is 334. The average molecular weight is 233 g/mol. The van der Waals surface area contributed by atoms with E-state index in [-0.39, 0.29) is 12.0 Å². The van der Waals surface area contributed by atoms with Gasteiger partial charge in [0.05, 0.1) is 0 Å². The van der Waals surface area contributed by atoms with Crippen molar-refractivity contribution >= 4 is 5.95 Å². The van der Waals surface area contributed by atoms with E-state index in [2.05, 4.69) is 15.3 Å². The van der Waals surface area contributed by atoms with Gasteiger partial charge in [0.15, 0.2) is 0 Å². The first-order chi connectivity index (χ1) is 7.47. The number of halogens is 3. The van der Waals surface area contributed by atoms with Crippen LogP contribution < -0.4 is 5.32 Å². The van der Waals surface area contributed by atoms with Crippen LogP contribution in [-0.2, 0) is 6.18 Å². The number of hydrogen-bond donors (Lipinski definition) is 1. The highest BCUT2D eigenvalue weighted by Gasteiger charge is 2.32. The SMILES string of the molecule is CCC(CC)Nc1nccc(C(F)(F)F)n1. The molecule has 16 heavy (non-hydrogen) atoms. The Morgan fingerprint density at radius 1 is 1.31 bits per heavy atom. The van der Waals surface area contributed by atoms with Gasteiger partial charge in [-0.2, -0.15) is 13.2 Å². The highest BCUT2D eigenvalue weighted by Crippen LogP contribution is 2.27. The Labute approximate surface area is 92.1 Å². The summed E-state index contributed by atoms with van der Waals surface area (Å²) in [6.45, 7) is 3.91. The number of nitrogens with zero attached hydrogens (tertiary/aromatic N) is 2. The summed E-state index contributed by atoms with van der Waals surface area (Å²) in [6.07, 6.45) is -1.68. The lowest BCUT2D eigenvalue weighted by Crippen LogP contribution is -2.20. The van der Waals surface area contributed by atoms with E-state index in [1.807, 2.05) is 13.8 Å². The molecular formula is C10H14F3N3. The molecule has 0 saturated carbocycles. The van der Waals surface area contributed by atoms with Crippen molar-refractivity contribution in [2.45, 2.75) is 38.9 Å². The predicted octanol–water partition coefficient (Wildman–Crippen LogP) is 3.10. The predicted molar refractivity (Wildman–Crippen MR) is 55.0 cm³/mol. The molecule has 6 heteroatoms. The maximum absolute atomic E-state index is 12.4. The van der Waals surface area contributed by atoms with Gasteiger partial charge in [-0.3, -0.25) is 0 Å². The third kappa shape index (κ3) is 3.36. The van der Waals surface area contributed by atoms with Crippen molar-refractivity contribution in [2.24, 2.45) is 0 Å². The molecule has 0 amide bonds. The summed E-state index contributed by atoms with van der Waals surface area (Å²) in [5, 5.41) is 2.87. The van der Waals surface area contributed by atoms with Gasteiger partial charge in [-0.05, 0) is 18.9 Å². The molecule has 1 N–H and O–H groups in total. The Morgan fingerprint density at radius 3 is 2.44 bits per heavy atom. The summed E-state index contributed by atoms with van der Waals surface area (Å²) in [5.41, 5.74) is -0.920. The van der Waals surface area contributed by atoms with Gasteiger partial charge in [0.25, 0.3) is 0 Å². The van der Waals surface area contributed by atoms with Crippen LogP contribution in [0.3, 0.4) is 0 Å². The van der Waals surface area contributed by atoms with Gasteiger partial charge >= 0.3 is 6.18 Å². The number of rotatable bonds is 4. The summed E-state index contributed by atoms with van der Waals surface area (Å²) in [4.78, 5) is 7.20. The third-order valence-electron chi connectivity index (χ3n) is 2.26. The molecule has 0 aliphatic carbocycles. The van der Waals surface area contributed by atoms with Gasteiger partial charge in [0.2, 0.25) is 5.95 Å². The van der Waals surface area contributed by atoms with Crippen molar-refractivity contribution < 1.29 is 13.2 Å². The molecule has 0 bridgehead atoms. The molecule has 1 aromatic heterocycles. The van der Waals surface area contributed by atoms with Crippen LogP contribution in [-0.4, -0.2) is 16.0 Å². The van der Waals surface area contributed by atoms with E-state index < -0.39 is 11.9 Å². The molecule has 0 atom stereocenters. The zero-order valence-electron chi connectivity index (χ0n) is 9.17. The Kier molecular flexibility index (Phi) is 4.09. The van der Waals surface area contributed by atoms with Crippen LogP contribution in [0, 0.1) is 0 Å². The molecule has 0 unspecified atom stereocenters. The molecule has 0 radical (unpaired) electrons. The van der Waals surface area contributed by atoms with E-state index in [0.717, 1.165) is 25.1 Å². The van der Waals surface area contributed by atoms with Crippen LogP contribution in [0.1, 0.15) is 32.4 Å². The summed E-state index contributed by atoms with van der Waals surface area (Å²) in [6, 6.07) is 0.960. The number of aromatic nitrogens is 2. The minimum atomic E-state index is -4.42. The molecule has 1 heterocycles. The van der Waals surface area contributed by atoms with E-state index in [1.165, 1.54) is 0 Å². The maximum atomic E-state index is 12.4. The summed E-state index contributed by atoms with van der Waals surface area (Å²) in [5.74, 6) is 0.0310. The monoisotopic (exact) mass is 233 g/mol. The van der Waals surface area contributed by atoms with Crippen molar-refractivity contribution in [3.05, 3.63) is 18.0 Å². The van der Waals surface area contributed by atoms with Crippen LogP contribution in [0.2, 0.25) is 0 Å². The molecular weight excluding hydrogens is 219 g/mol. The molecule has 1 aromatic rings. The van der Waals surface area contributed by atoms with E-state index in [0.29, 0.717) is 0 Å². The second-order valence-electron chi connectivity index (χ2n) is 3.42. The third-order valence-corrected chi connectivity index (χ3v) is 2.26. The second-order valence-corrected chi connectivity index (χ2v) is 3.42. The minimum Gasteiger partial charge on any atom is -0.352 e. The first kappa shape index (κ1) is 12.7. The lowest BCUT2D eigenvalue weighted by atomic mass is 10.2. The van der Waals surface area contributed by atoms with Crippen LogP contribution in [0.5, 0.6) is 0 Å². The Morgan fingerprint density at radius 2 is 1.94 bits per heavy atom. The average Bonchev–Trinajstić information content (AvgIpc) is 2.25. The quantitative estimate of drug-likeness (QED) is 0.868. The highest BCUT2D eigenvalue weighted by atomic mass is 19.4. The lowest BCUT2D eigenvalue weighted by Gasteiger charge is -2.15. The zero-order chi connectivity index (χ0) is 12.2. The summed E-state index contributed by atoms with van der Waals surface area (Å²) in [7, 11) is 0. The minimum absolute atomic E-state index is 0.0310. The van der Waals surface area contributed by atoms with E-state index in [9.17, 15) is 13.2 Å². The van der Waals surface area contributed by atoms with Crippen LogP contribution in [0.25, 0.3) is 0 Å². The van der Waals surface area contributed by atoms with Gasteiger partial charge < -0.3 is 5.32 Å². The van der Waals surface area contributed by atoms with Crippen molar-refractivity contribution in [3.8, 4) is 0 Å². The van der Waals surface area contributed by atoms with E-state index >= 15 is 0 Å². The van der Waals surface area contributed by atoms with Crippen molar-refractivity contribution in [3.63, 3.8) is 0 Å². The van der Waals surface area contributed by atoms with Gasteiger partial charge in [-0.1, -0.05) is 13.8 Å². The van der Waals surface area contributed by atoms with Crippen LogP contribution in [0.15, 0.2) is 12.3 Å². The molecule has 0 aliphatic heterocycles. The van der Waals surface area contributed by atoms with E-state index in [4.69, 9.17) is 0 Å². The van der Waals surface area contributed by atoms with Crippen molar-refractivity contribution in [1.29, 1.82) is 0 Å². The molecule has 90 valence electrons. The molecule has 0 aliphatic rings. The molecule has 0 aromatic carbocycles. The lowest BCUT2D eigenvalue weighted by molar-refractivity contribution is -0.141. The van der Waals surface area contributed by atoms with Gasteiger partial charge in [-0.25, -0.2) is 9.97 Å². The summed E-state index contributed by atoms with van der Waals surface area (Å²) < 4.78 is 37.1. The molecule has 0 spiro atoms. The normalized spacial score (nSPS) is 11.9. The zero-order valence-corrected chi connectivity index (χ0v) is 9.17. The fourth-order valence-electron chi connectivity index (χ4n) is 1.26. The van der Waals surface area contributed by atoms with Crippen molar-refractivity contribution in [2.75, 3.05) is 5.32 Å². The largest absolute Gasteiger partial charge is 0.433 e. The van der Waals surface area contributed by atoms with Gasteiger partial charge in [0.1, 0.15) is 5.69 Å². The number of anilines is 1. The topological polar surface area (TPSA) is 37.8 Å². The smallest absolute Gasteiger partial charge is 0.352 e. The number of hydrogen-bond acceptors (Lipinski definition) is 3. The summed E-state index contributed by atoms with van der Waals surface area (Å²) >= 11 is 0. The standard InChI is InChI=1S/C10H14F3N3/c1-3-7(4-2)15-9-14-6-5-8(16-9)10(11,12)13/h5-7H,3-4H2,1-2H3,(H,14,15,16). The van der Waals surface area contributed by atoms with Crippen LogP contribution in [0.4, 0.5) is 19.1 Å².